The lowest BCUT2D eigenvalue weighted by Gasteiger charge is -2.23. The highest BCUT2D eigenvalue weighted by Crippen LogP contribution is 2.41. The minimum atomic E-state index is -3.59. The molecule has 3 atom stereocenters. The SMILES string of the molecule is O=S(=O)(C1=NC2[C@@H](F)C[C@@H](c3cc(F)ccc3F)N2N1)C1CC1. The van der Waals surface area contributed by atoms with E-state index in [1.54, 1.807) is 0 Å². The maximum absolute atomic E-state index is 14.2. The average Bonchev–Trinajstić information content (AvgIpc) is 3.19. The number of sulfone groups is 1. The Labute approximate surface area is 131 Å². The van der Waals surface area contributed by atoms with Gasteiger partial charge in [0.05, 0.1) is 11.3 Å². The number of halogens is 3. The summed E-state index contributed by atoms with van der Waals surface area (Å²) in [5.41, 5.74) is 2.60. The van der Waals surface area contributed by atoms with E-state index in [4.69, 9.17) is 0 Å². The first-order chi connectivity index (χ1) is 10.9. The molecule has 1 aromatic carbocycles. The number of amidine groups is 1. The molecule has 124 valence electrons. The third-order valence-corrected chi connectivity index (χ3v) is 6.50. The summed E-state index contributed by atoms with van der Waals surface area (Å²) in [7, 11) is -3.59. The van der Waals surface area contributed by atoms with Crippen LogP contribution in [-0.4, -0.2) is 36.2 Å². The van der Waals surface area contributed by atoms with Gasteiger partial charge in [-0.25, -0.2) is 26.6 Å². The highest BCUT2D eigenvalue weighted by atomic mass is 32.2. The van der Waals surface area contributed by atoms with Gasteiger partial charge in [0.2, 0.25) is 15.0 Å². The van der Waals surface area contributed by atoms with Crippen LogP contribution < -0.4 is 5.43 Å². The summed E-state index contributed by atoms with van der Waals surface area (Å²) in [6.07, 6.45) is -1.45. The minimum Gasteiger partial charge on any atom is -0.291 e. The van der Waals surface area contributed by atoms with Gasteiger partial charge in [-0.1, -0.05) is 0 Å². The normalized spacial score (nSPS) is 30.9. The molecule has 23 heavy (non-hydrogen) atoms. The van der Waals surface area contributed by atoms with E-state index in [-0.39, 0.29) is 17.2 Å². The van der Waals surface area contributed by atoms with Crippen molar-refractivity contribution in [1.29, 1.82) is 0 Å². The van der Waals surface area contributed by atoms with E-state index in [0.29, 0.717) is 12.8 Å². The van der Waals surface area contributed by atoms with Crippen molar-refractivity contribution in [3.63, 3.8) is 0 Å². The molecule has 0 radical (unpaired) electrons. The molecule has 5 nitrogen and oxygen atoms in total. The molecule has 1 unspecified atom stereocenters. The fourth-order valence-corrected chi connectivity index (χ4v) is 4.63. The molecule has 2 fully saturated rings. The molecule has 2 aliphatic heterocycles. The van der Waals surface area contributed by atoms with Crippen LogP contribution in [0.3, 0.4) is 0 Å². The van der Waals surface area contributed by atoms with E-state index in [0.717, 1.165) is 18.2 Å². The Hall–Kier alpha value is -1.61. The summed E-state index contributed by atoms with van der Waals surface area (Å²) in [5, 5.41) is 0.531. The number of fused-ring (bicyclic) bond motifs is 1. The number of alkyl halides is 1. The fraction of sp³-hybridized carbons (Fsp3) is 0.500. The van der Waals surface area contributed by atoms with Gasteiger partial charge in [-0.2, -0.15) is 5.01 Å². The van der Waals surface area contributed by atoms with Crippen LogP contribution in [0.5, 0.6) is 0 Å². The lowest BCUT2D eigenvalue weighted by atomic mass is 10.0. The minimum absolute atomic E-state index is 0.0112. The second-order valence-electron chi connectivity index (χ2n) is 6.04. The highest BCUT2D eigenvalue weighted by molar-refractivity contribution is 8.07. The fourth-order valence-electron chi connectivity index (χ4n) is 3.07. The van der Waals surface area contributed by atoms with Gasteiger partial charge in [-0.05, 0) is 31.0 Å². The number of nitrogens with zero attached hydrogens (tertiary/aromatic N) is 2. The quantitative estimate of drug-likeness (QED) is 0.888. The first-order valence-electron chi connectivity index (χ1n) is 7.33. The van der Waals surface area contributed by atoms with Crippen LogP contribution in [0.1, 0.15) is 30.9 Å². The largest absolute Gasteiger partial charge is 0.291 e. The summed E-state index contributed by atoms with van der Waals surface area (Å²) < 4.78 is 66.0. The topological polar surface area (TPSA) is 61.8 Å². The molecule has 1 saturated heterocycles. The van der Waals surface area contributed by atoms with Gasteiger partial charge in [0.25, 0.3) is 0 Å². The molecule has 3 aliphatic rings. The summed E-state index contributed by atoms with van der Waals surface area (Å²) in [6, 6.07) is 2.14. The van der Waals surface area contributed by atoms with E-state index in [9.17, 15) is 21.6 Å². The van der Waals surface area contributed by atoms with Gasteiger partial charge in [-0.15, -0.1) is 0 Å². The van der Waals surface area contributed by atoms with Gasteiger partial charge < -0.3 is 0 Å². The third kappa shape index (κ3) is 2.33. The zero-order valence-electron chi connectivity index (χ0n) is 11.9. The van der Waals surface area contributed by atoms with Crippen molar-refractivity contribution in [1.82, 2.24) is 10.4 Å². The van der Waals surface area contributed by atoms with E-state index in [1.165, 1.54) is 5.01 Å². The highest BCUT2D eigenvalue weighted by Gasteiger charge is 2.51. The Bertz CT molecular complexity index is 794. The number of hydrogen-bond acceptors (Lipinski definition) is 5. The van der Waals surface area contributed by atoms with Crippen molar-refractivity contribution in [2.24, 2.45) is 4.99 Å². The lowest BCUT2D eigenvalue weighted by Crippen LogP contribution is -2.43. The van der Waals surface area contributed by atoms with Crippen LogP contribution >= 0.6 is 0 Å². The molecule has 4 rings (SSSR count). The number of benzene rings is 1. The molecule has 0 amide bonds. The summed E-state index contributed by atoms with van der Waals surface area (Å²) in [6.45, 7) is 0. The van der Waals surface area contributed by atoms with Gasteiger partial charge in [-0.3, -0.25) is 5.43 Å². The molecule has 2 heterocycles. The van der Waals surface area contributed by atoms with E-state index in [1.807, 2.05) is 0 Å². The summed E-state index contributed by atoms with van der Waals surface area (Å²) >= 11 is 0. The van der Waals surface area contributed by atoms with Gasteiger partial charge >= 0.3 is 0 Å². The smallest absolute Gasteiger partial charge is 0.233 e. The molecule has 1 aromatic rings. The average molecular weight is 345 g/mol. The van der Waals surface area contributed by atoms with E-state index >= 15 is 0 Å². The molecular weight excluding hydrogens is 331 g/mol. The van der Waals surface area contributed by atoms with Crippen molar-refractivity contribution < 1.29 is 21.6 Å². The molecule has 1 aliphatic carbocycles. The molecule has 0 bridgehead atoms. The van der Waals surface area contributed by atoms with Crippen LogP contribution in [0, 0.1) is 11.6 Å². The Kier molecular flexibility index (Phi) is 3.21. The predicted molar refractivity (Wildman–Crippen MR) is 76.8 cm³/mol. The van der Waals surface area contributed by atoms with Gasteiger partial charge in [0.1, 0.15) is 17.8 Å². The zero-order valence-corrected chi connectivity index (χ0v) is 12.7. The van der Waals surface area contributed by atoms with Crippen LogP contribution in [0.4, 0.5) is 13.2 Å². The number of hydrazine groups is 1. The summed E-state index contributed by atoms with van der Waals surface area (Å²) in [5.74, 6) is -1.30. The second kappa shape index (κ2) is 4.94. The maximum atomic E-state index is 14.2. The monoisotopic (exact) mass is 345 g/mol. The van der Waals surface area contributed by atoms with Crippen LogP contribution in [0.2, 0.25) is 0 Å². The molecule has 1 N–H and O–H groups in total. The van der Waals surface area contributed by atoms with Crippen molar-refractivity contribution in [2.45, 2.75) is 42.9 Å². The lowest BCUT2D eigenvalue weighted by molar-refractivity contribution is 0.158. The van der Waals surface area contributed by atoms with E-state index < -0.39 is 45.1 Å². The van der Waals surface area contributed by atoms with Crippen LogP contribution in [0.25, 0.3) is 0 Å². The standard InChI is InChI=1S/C14H14F3N3O2S/c15-7-1-4-10(16)9(5-7)12-6-11(17)13-18-14(19-20(12)13)23(21,22)8-2-3-8/h1,4-5,8,11-13H,2-3,6H2,(H,18,19)/t11-,12-,13?/m0/s1. The van der Waals surface area contributed by atoms with Gasteiger partial charge in [0.15, 0.2) is 6.17 Å². The summed E-state index contributed by atoms with van der Waals surface area (Å²) in [4.78, 5) is 3.94. The zero-order chi connectivity index (χ0) is 16.4. The number of rotatable bonds is 2. The first-order valence-corrected chi connectivity index (χ1v) is 8.88. The molecule has 0 aromatic heterocycles. The Balaban J connectivity index is 1.66. The Morgan fingerprint density at radius 3 is 2.70 bits per heavy atom. The van der Waals surface area contributed by atoms with Crippen molar-refractivity contribution in [3.8, 4) is 0 Å². The Morgan fingerprint density at radius 2 is 2.00 bits per heavy atom. The predicted octanol–water partition coefficient (Wildman–Crippen LogP) is 1.83. The maximum Gasteiger partial charge on any atom is 0.233 e. The van der Waals surface area contributed by atoms with Gasteiger partial charge in [0, 0.05) is 12.0 Å². The van der Waals surface area contributed by atoms with Crippen LogP contribution in [0.15, 0.2) is 23.2 Å². The third-order valence-electron chi connectivity index (χ3n) is 4.42. The second-order valence-corrected chi connectivity index (χ2v) is 8.19. The molecule has 9 heteroatoms. The van der Waals surface area contributed by atoms with Crippen LogP contribution in [-0.2, 0) is 9.84 Å². The molecule has 1 saturated carbocycles. The van der Waals surface area contributed by atoms with Crippen molar-refractivity contribution >= 4 is 15.0 Å². The van der Waals surface area contributed by atoms with E-state index in [2.05, 4.69) is 10.4 Å². The number of aliphatic imine (C=N–C) groups is 1. The van der Waals surface area contributed by atoms with Crippen molar-refractivity contribution in [3.05, 3.63) is 35.4 Å². The number of hydrogen-bond donors (Lipinski definition) is 1. The Morgan fingerprint density at radius 1 is 1.26 bits per heavy atom. The number of nitrogens with one attached hydrogen (secondary N) is 1. The first kappa shape index (κ1) is 14.9. The molecular formula is C14H14F3N3O2S. The van der Waals surface area contributed by atoms with Crippen molar-refractivity contribution in [2.75, 3.05) is 0 Å². The molecule has 0 spiro atoms.